The number of rotatable bonds is 4. The fourth-order valence-corrected chi connectivity index (χ4v) is 3.75. The smallest absolute Gasteiger partial charge is 0.225 e. The molecule has 2 atom stereocenters. The van der Waals surface area contributed by atoms with Gasteiger partial charge in [0.2, 0.25) is 5.91 Å². The summed E-state index contributed by atoms with van der Waals surface area (Å²) in [5.74, 6) is 0.247. The molecule has 0 bridgehead atoms. The Kier molecular flexibility index (Phi) is 4.28. The Hall–Kier alpha value is -2.04. The first kappa shape index (κ1) is 15.8. The van der Waals surface area contributed by atoms with Crippen LogP contribution in [0.3, 0.4) is 0 Å². The zero-order chi connectivity index (χ0) is 16.6. The van der Waals surface area contributed by atoms with Gasteiger partial charge in [-0.05, 0) is 45.7 Å². The van der Waals surface area contributed by atoms with Crippen LogP contribution in [0, 0.1) is 13.8 Å². The molecule has 5 heteroatoms. The predicted octanol–water partition coefficient (Wildman–Crippen LogP) is 3.15. The summed E-state index contributed by atoms with van der Waals surface area (Å²) >= 11 is 0. The molecule has 124 valence electrons. The summed E-state index contributed by atoms with van der Waals surface area (Å²) in [6, 6.07) is 4.38. The molecule has 1 aliphatic heterocycles. The molecular formula is C18H26N4O. The maximum absolute atomic E-state index is 12.8. The molecule has 0 N–H and O–H groups in total. The minimum atomic E-state index is 0.188. The summed E-state index contributed by atoms with van der Waals surface area (Å²) in [5.41, 5.74) is 3.46. The number of aromatic nitrogens is 3. The van der Waals surface area contributed by atoms with E-state index in [2.05, 4.69) is 28.4 Å². The molecule has 1 fully saturated rings. The van der Waals surface area contributed by atoms with Crippen molar-refractivity contribution < 1.29 is 4.79 Å². The topological polar surface area (TPSA) is 43.1 Å². The van der Waals surface area contributed by atoms with Gasteiger partial charge in [-0.3, -0.25) is 9.48 Å². The SMILES string of the molecule is Cc1nn(C)c(C)c1[C@@H]1CCCN1C(=O)C[C@H](C)n1cccc1. The molecule has 0 aromatic carbocycles. The molecule has 1 saturated heterocycles. The van der Waals surface area contributed by atoms with Gasteiger partial charge in [-0.2, -0.15) is 5.10 Å². The lowest BCUT2D eigenvalue weighted by molar-refractivity contribution is -0.132. The maximum atomic E-state index is 12.8. The van der Waals surface area contributed by atoms with E-state index in [0.29, 0.717) is 6.42 Å². The summed E-state index contributed by atoms with van der Waals surface area (Å²) < 4.78 is 4.03. The average molecular weight is 314 g/mol. The summed E-state index contributed by atoms with van der Waals surface area (Å²) in [7, 11) is 1.97. The number of carbonyl (C=O) groups excluding carboxylic acids is 1. The van der Waals surface area contributed by atoms with E-state index < -0.39 is 0 Å². The molecule has 5 nitrogen and oxygen atoms in total. The number of hydrogen-bond donors (Lipinski definition) is 0. The van der Waals surface area contributed by atoms with E-state index >= 15 is 0 Å². The first-order valence-corrected chi connectivity index (χ1v) is 8.41. The van der Waals surface area contributed by atoms with Crippen molar-refractivity contribution in [2.45, 2.75) is 52.1 Å². The predicted molar refractivity (Wildman–Crippen MR) is 90.1 cm³/mol. The highest BCUT2D eigenvalue weighted by Gasteiger charge is 2.33. The largest absolute Gasteiger partial charge is 0.351 e. The van der Waals surface area contributed by atoms with E-state index in [1.165, 1.54) is 11.3 Å². The standard InChI is InChI=1S/C18H26N4O/c1-13(21-9-5-6-10-21)12-17(23)22-11-7-8-16(22)18-14(2)19-20(4)15(18)3/h5-6,9-10,13,16H,7-8,11-12H2,1-4H3/t13-,16-/m0/s1. The Bertz CT molecular complexity index is 686. The molecule has 0 spiro atoms. The third kappa shape index (κ3) is 2.92. The Morgan fingerprint density at radius 1 is 1.35 bits per heavy atom. The van der Waals surface area contributed by atoms with E-state index in [1.54, 1.807) is 0 Å². The summed E-state index contributed by atoms with van der Waals surface area (Å²) in [6.45, 7) is 7.10. The van der Waals surface area contributed by atoms with Gasteiger partial charge in [0, 0.05) is 49.7 Å². The Morgan fingerprint density at radius 3 is 2.65 bits per heavy atom. The molecule has 0 saturated carbocycles. The highest BCUT2D eigenvalue weighted by Crippen LogP contribution is 2.36. The second kappa shape index (κ2) is 6.22. The molecule has 3 rings (SSSR count). The van der Waals surface area contributed by atoms with E-state index in [4.69, 9.17) is 0 Å². The van der Waals surface area contributed by atoms with Crippen LogP contribution in [0.5, 0.6) is 0 Å². The quantitative estimate of drug-likeness (QED) is 0.870. The lowest BCUT2D eigenvalue weighted by Gasteiger charge is -2.27. The van der Waals surface area contributed by atoms with Crippen molar-refractivity contribution in [3.63, 3.8) is 0 Å². The fraction of sp³-hybridized carbons (Fsp3) is 0.556. The van der Waals surface area contributed by atoms with Gasteiger partial charge in [0.05, 0.1) is 11.7 Å². The zero-order valence-electron chi connectivity index (χ0n) is 14.5. The van der Waals surface area contributed by atoms with Crippen molar-refractivity contribution in [3.8, 4) is 0 Å². The maximum Gasteiger partial charge on any atom is 0.225 e. The van der Waals surface area contributed by atoms with Crippen molar-refractivity contribution in [3.05, 3.63) is 41.5 Å². The Balaban J connectivity index is 1.77. The van der Waals surface area contributed by atoms with E-state index in [9.17, 15) is 4.79 Å². The monoisotopic (exact) mass is 314 g/mol. The number of carbonyl (C=O) groups is 1. The molecule has 0 aliphatic carbocycles. The van der Waals surface area contributed by atoms with Gasteiger partial charge in [-0.1, -0.05) is 0 Å². The molecule has 1 amide bonds. The first-order chi connectivity index (χ1) is 11.0. The highest BCUT2D eigenvalue weighted by molar-refractivity contribution is 5.77. The van der Waals surface area contributed by atoms with Crippen LogP contribution in [0.4, 0.5) is 0 Å². The van der Waals surface area contributed by atoms with Crippen molar-refractivity contribution in [1.29, 1.82) is 0 Å². The fourth-order valence-electron chi connectivity index (χ4n) is 3.75. The van der Waals surface area contributed by atoms with Crippen LogP contribution in [-0.4, -0.2) is 31.7 Å². The Labute approximate surface area is 137 Å². The van der Waals surface area contributed by atoms with Crippen LogP contribution in [0.25, 0.3) is 0 Å². The first-order valence-electron chi connectivity index (χ1n) is 8.41. The van der Waals surface area contributed by atoms with Crippen molar-refractivity contribution in [1.82, 2.24) is 19.2 Å². The molecule has 2 aromatic rings. The van der Waals surface area contributed by atoms with Crippen LogP contribution in [-0.2, 0) is 11.8 Å². The van der Waals surface area contributed by atoms with Crippen LogP contribution in [0.2, 0.25) is 0 Å². The minimum Gasteiger partial charge on any atom is -0.351 e. The van der Waals surface area contributed by atoms with E-state index in [0.717, 1.165) is 25.1 Å². The van der Waals surface area contributed by atoms with E-state index in [-0.39, 0.29) is 18.0 Å². The minimum absolute atomic E-state index is 0.188. The van der Waals surface area contributed by atoms with Crippen LogP contribution in [0.15, 0.2) is 24.5 Å². The van der Waals surface area contributed by atoms with Crippen LogP contribution >= 0.6 is 0 Å². The lowest BCUT2D eigenvalue weighted by atomic mass is 10.0. The summed E-state index contributed by atoms with van der Waals surface area (Å²) in [4.78, 5) is 14.9. The normalized spacial score (nSPS) is 19.3. The van der Waals surface area contributed by atoms with Gasteiger partial charge in [0.25, 0.3) is 0 Å². The molecule has 3 heterocycles. The highest BCUT2D eigenvalue weighted by atomic mass is 16.2. The summed E-state index contributed by atoms with van der Waals surface area (Å²) in [6.07, 6.45) is 6.70. The average Bonchev–Trinajstić information content (AvgIpc) is 3.21. The Morgan fingerprint density at radius 2 is 2.04 bits per heavy atom. The van der Waals surface area contributed by atoms with Crippen LogP contribution in [0.1, 0.15) is 55.2 Å². The third-order valence-corrected chi connectivity index (χ3v) is 5.08. The number of aryl methyl sites for hydroxylation is 2. The van der Waals surface area contributed by atoms with Gasteiger partial charge in [0.1, 0.15) is 0 Å². The third-order valence-electron chi connectivity index (χ3n) is 5.08. The molecule has 0 radical (unpaired) electrons. The summed E-state index contributed by atoms with van der Waals surface area (Å²) in [5, 5.41) is 4.53. The van der Waals surface area contributed by atoms with Crippen LogP contribution < -0.4 is 0 Å². The molecular weight excluding hydrogens is 288 g/mol. The molecule has 0 unspecified atom stereocenters. The number of amides is 1. The van der Waals surface area contributed by atoms with Crippen molar-refractivity contribution >= 4 is 5.91 Å². The molecule has 1 aliphatic rings. The number of likely N-dealkylation sites (tertiary alicyclic amines) is 1. The lowest BCUT2D eigenvalue weighted by Crippen LogP contribution is -2.32. The second-order valence-corrected chi connectivity index (χ2v) is 6.64. The van der Waals surface area contributed by atoms with Crippen molar-refractivity contribution in [2.75, 3.05) is 6.54 Å². The van der Waals surface area contributed by atoms with Gasteiger partial charge in [-0.15, -0.1) is 0 Å². The van der Waals surface area contributed by atoms with Gasteiger partial charge >= 0.3 is 0 Å². The number of hydrogen-bond acceptors (Lipinski definition) is 2. The van der Waals surface area contributed by atoms with E-state index in [1.807, 2.05) is 43.2 Å². The van der Waals surface area contributed by atoms with Crippen molar-refractivity contribution in [2.24, 2.45) is 7.05 Å². The molecule has 23 heavy (non-hydrogen) atoms. The van der Waals surface area contributed by atoms with Gasteiger partial charge < -0.3 is 9.47 Å². The van der Waals surface area contributed by atoms with Gasteiger partial charge in [0.15, 0.2) is 0 Å². The molecule has 2 aromatic heterocycles. The zero-order valence-corrected chi connectivity index (χ0v) is 14.5. The number of nitrogens with zero attached hydrogens (tertiary/aromatic N) is 4. The second-order valence-electron chi connectivity index (χ2n) is 6.64. The van der Waals surface area contributed by atoms with Gasteiger partial charge in [-0.25, -0.2) is 0 Å².